The van der Waals surface area contributed by atoms with Gasteiger partial charge in [-0.25, -0.2) is 17.2 Å². The molecule has 0 saturated carbocycles. The highest BCUT2D eigenvalue weighted by Crippen LogP contribution is 2.27. The molecule has 130 valence electrons. The van der Waals surface area contributed by atoms with E-state index in [1.807, 2.05) is 4.72 Å². The maximum absolute atomic E-state index is 13.9. The molecular weight excluding hydrogens is 352 g/mol. The molecule has 2 aromatic heterocycles. The molecule has 3 aromatic rings. The summed E-state index contributed by atoms with van der Waals surface area (Å²) < 4.78 is 59.1. The summed E-state index contributed by atoms with van der Waals surface area (Å²) in [4.78, 5) is 6.76. The maximum atomic E-state index is 13.9. The van der Waals surface area contributed by atoms with E-state index in [0.29, 0.717) is 11.4 Å². The summed E-state index contributed by atoms with van der Waals surface area (Å²) in [7, 11) is -2.93. The van der Waals surface area contributed by atoms with Crippen LogP contribution >= 0.6 is 0 Å². The number of aromatic nitrogens is 2. The number of nitrogens with zero attached hydrogens (tertiary/aromatic N) is 1. The second-order valence-electron chi connectivity index (χ2n) is 5.04. The Balaban J connectivity index is 1.91. The highest BCUT2D eigenvalue weighted by molar-refractivity contribution is 7.92. The lowest BCUT2D eigenvalue weighted by Crippen LogP contribution is -2.13. The molecular formula is C16H13F2N3O3S. The smallest absolute Gasteiger partial charge is 0.263 e. The molecule has 6 nitrogen and oxygen atoms in total. The minimum Gasteiger partial charge on any atom is -0.494 e. The second kappa shape index (κ2) is 6.52. The van der Waals surface area contributed by atoms with Gasteiger partial charge in [0.1, 0.15) is 4.90 Å². The van der Waals surface area contributed by atoms with Gasteiger partial charge in [0.15, 0.2) is 17.4 Å². The van der Waals surface area contributed by atoms with Crippen LogP contribution < -0.4 is 9.46 Å². The van der Waals surface area contributed by atoms with Crippen LogP contribution in [0.15, 0.2) is 53.7 Å². The van der Waals surface area contributed by atoms with Crippen molar-refractivity contribution in [3.8, 4) is 17.1 Å². The Morgan fingerprint density at radius 2 is 1.96 bits per heavy atom. The van der Waals surface area contributed by atoms with Crippen LogP contribution in [0.5, 0.6) is 5.75 Å². The number of methoxy groups -OCH3 is 1. The van der Waals surface area contributed by atoms with Gasteiger partial charge in [-0.15, -0.1) is 0 Å². The monoisotopic (exact) mass is 365 g/mol. The third kappa shape index (κ3) is 3.45. The average molecular weight is 365 g/mol. The largest absolute Gasteiger partial charge is 0.494 e. The highest BCUT2D eigenvalue weighted by atomic mass is 32.2. The van der Waals surface area contributed by atoms with Gasteiger partial charge in [-0.05, 0) is 18.2 Å². The number of ether oxygens (including phenoxy) is 1. The van der Waals surface area contributed by atoms with Gasteiger partial charge < -0.3 is 9.72 Å². The fourth-order valence-electron chi connectivity index (χ4n) is 2.17. The molecule has 0 fully saturated rings. The van der Waals surface area contributed by atoms with Gasteiger partial charge in [0, 0.05) is 24.5 Å². The molecule has 0 amide bonds. The SMILES string of the molecule is COc1cc(F)c(NS(=O)(=O)c2c[nH]c(-c3ccccn3)c2)cc1F. The van der Waals surface area contributed by atoms with E-state index in [-0.39, 0.29) is 10.6 Å². The number of halogens is 2. The van der Waals surface area contributed by atoms with Crippen LogP contribution in [0.2, 0.25) is 0 Å². The van der Waals surface area contributed by atoms with Gasteiger partial charge in [-0.2, -0.15) is 0 Å². The molecule has 2 heterocycles. The van der Waals surface area contributed by atoms with E-state index in [0.717, 1.165) is 12.1 Å². The number of H-pyrrole nitrogens is 1. The van der Waals surface area contributed by atoms with Crippen molar-refractivity contribution in [1.29, 1.82) is 0 Å². The lowest BCUT2D eigenvalue weighted by atomic mass is 10.3. The van der Waals surface area contributed by atoms with E-state index in [1.54, 1.807) is 24.4 Å². The Morgan fingerprint density at radius 3 is 2.64 bits per heavy atom. The molecule has 1 aromatic carbocycles. The zero-order chi connectivity index (χ0) is 18.0. The normalized spacial score (nSPS) is 11.3. The van der Waals surface area contributed by atoms with Crippen molar-refractivity contribution in [3.05, 3.63) is 60.4 Å². The average Bonchev–Trinajstić information content (AvgIpc) is 3.09. The number of nitrogens with one attached hydrogen (secondary N) is 2. The third-order valence-corrected chi connectivity index (χ3v) is 4.74. The summed E-state index contributed by atoms with van der Waals surface area (Å²) in [6, 6.07) is 8.02. The molecule has 0 atom stereocenters. The van der Waals surface area contributed by atoms with E-state index in [4.69, 9.17) is 0 Å². The van der Waals surface area contributed by atoms with Gasteiger partial charge in [0.25, 0.3) is 10.0 Å². The minimum atomic E-state index is -4.12. The van der Waals surface area contributed by atoms with Crippen LogP contribution in [0.25, 0.3) is 11.4 Å². The summed E-state index contributed by atoms with van der Waals surface area (Å²) >= 11 is 0. The standard InChI is InChI=1S/C16H13F2N3O3S/c1-24-16-8-11(17)14(7-12(16)18)21-25(22,23)10-6-15(20-9-10)13-4-2-3-5-19-13/h2-9,20-21H,1H3. The zero-order valence-corrected chi connectivity index (χ0v) is 13.8. The Morgan fingerprint density at radius 1 is 1.16 bits per heavy atom. The lowest BCUT2D eigenvalue weighted by Gasteiger charge is -2.09. The minimum absolute atomic E-state index is 0.135. The van der Waals surface area contributed by atoms with Crippen LogP contribution in [-0.4, -0.2) is 25.5 Å². The van der Waals surface area contributed by atoms with Crippen molar-refractivity contribution in [1.82, 2.24) is 9.97 Å². The van der Waals surface area contributed by atoms with E-state index in [2.05, 4.69) is 14.7 Å². The van der Waals surface area contributed by atoms with Gasteiger partial charge >= 0.3 is 0 Å². The van der Waals surface area contributed by atoms with Crippen LogP contribution in [0.3, 0.4) is 0 Å². The molecule has 3 rings (SSSR count). The van der Waals surface area contributed by atoms with Crippen LogP contribution in [0.1, 0.15) is 0 Å². The quantitative estimate of drug-likeness (QED) is 0.727. The van der Waals surface area contributed by atoms with E-state index >= 15 is 0 Å². The van der Waals surface area contributed by atoms with Gasteiger partial charge in [0.2, 0.25) is 0 Å². The fourth-order valence-corrected chi connectivity index (χ4v) is 3.22. The van der Waals surface area contributed by atoms with Crippen molar-refractivity contribution < 1.29 is 21.9 Å². The molecule has 0 aliphatic carbocycles. The molecule has 0 saturated heterocycles. The number of benzene rings is 1. The Labute approximate surface area is 142 Å². The first-order chi connectivity index (χ1) is 11.9. The van der Waals surface area contributed by atoms with Crippen molar-refractivity contribution in [3.63, 3.8) is 0 Å². The number of hydrogen-bond donors (Lipinski definition) is 2. The first-order valence-corrected chi connectivity index (χ1v) is 8.54. The van der Waals surface area contributed by atoms with Gasteiger partial charge in [-0.1, -0.05) is 6.07 Å². The Kier molecular flexibility index (Phi) is 4.41. The van der Waals surface area contributed by atoms with E-state index < -0.39 is 27.3 Å². The zero-order valence-electron chi connectivity index (χ0n) is 13.0. The number of hydrogen-bond acceptors (Lipinski definition) is 4. The molecule has 25 heavy (non-hydrogen) atoms. The predicted octanol–water partition coefficient (Wildman–Crippen LogP) is 3.16. The molecule has 0 aliphatic heterocycles. The van der Waals surface area contributed by atoms with Crippen molar-refractivity contribution in [2.24, 2.45) is 0 Å². The molecule has 0 radical (unpaired) electrons. The Hall–Kier alpha value is -2.94. The summed E-state index contributed by atoms with van der Waals surface area (Å²) in [6.45, 7) is 0. The maximum Gasteiger partial charge on any atom is 0.263 e. The number of sulfonamides is 1. The lowest BCUT2D eigenvalue weighted by molar-refractivity contribution is 0.383. The first kappa shape index (κ1) is 16.9. The Bertz CT molecular complexity index is 1000. The summed E-state index contributed by atoms with van der Waals surface area (Å²) in [5.74, 6) is -2.16. The number of pyridine rings is 1. The van der Waals surface area contributed by atoms with E-state index in [9.17, 15) is 17.2 Å². The number of rotatable bonds is 5. The van der Waals surface area contributed by atoms with Crippen molar-refractivity contribution >= 4 is 15.7 Å². The predicted molar refractivity (Wildman–Crippen MR) is 87.7 cm³/mol. The molecule has 0 bridgehead atoms. The fraction of sp³-hybridized carbons (Fsp3) is 0.0625. The number of aromatic amines is 1. The summed E-state index contributed by atoms with van der Waals surface area (Å²) in [5.41, 5.74) is 0.506. The van der Waals surface area contributed by atoms with Crippen molar-refractivity contribution in [2.45, 2.75) is 4.90 Å². The molecule has 0 aliphatic rings. The van der Waals surface area contributed by atoms with Crippen molar-refractivity contribution in [2.75, 3.05) is 11.8 Å². The van der Waals surface area contributed by atoms with E-state index in [1.165, 1.54) is 19.4 Å². The van der Waals surface area contributed by atoms with Gasteiger partial charge in [-0.3, -0.25) is 9.71 Å². The van der Waals surface area contributed by atoms with Crippen LogP contribution in [0, 0.1) is 11.6 Å². The molecule has 0 spiro atoms. The molecule has 0 unspecified atom stereocenters. The molecule has 2 N–H and O–H groups in total. The van der Waals surface area contributed by atoms with Gasteiger partial charge in [0.05, 0.1) is 24.2 Å². The second-order valence-corrected chi connectivity index (χ2v) is 6.72. The number of anilines is 1. The summed E-state index contributed by atoms with van der Waals surface area (Å²) in [6.07, 6.45) is 2.81. The highest BCUT2D eigenvalue weighted by Gasteiger charge is 2.20. The molecule has 9 heteroatoms. The first-order valence-electron chi connectivity index (χ1n) is 7.06. The van der Waals surface area contributed by atoms with Crippen LogP contribution in [-0.2, 0) is 10.0 Å². The van der Waals surface area contributed by atoms with Crippen LogP contribution in [0.4, 0.5) is 14.5 Å². The third-order valence-electron chi connectivity index (χ3n) is 3.39. The topological polar surface area (TPSA) is 84.1 Å². The summed E-state index contributed by atoms with van der Waals surface area (Å²) in [5, 5.41) is 0.